The number of hydrogen-bond acceptors (Lipinski definition) is 5. The van der Waals surface area contributed by atoms with E-state index in [1.807, 2.05) is 24.3 Å². The minimum atomic E-state index is -0.583. The smallest absolute Gasteiger partial charge is 0.338 e. The summed E-state index contributed by atoms with van der Waals surface area (Å²) in [6.07, 6.45) is 2.23. The minimum Gasteiger partial charge on any atom is -0.497 e. The standard InChI is InChI=1S/C20H27N3O4/c1-13-7-9-23(10-8-13)12-16-17(19(24)27-3)18(22-20(25)21-16)14-5-4-6-15(11-14)26-2/h4-6,11,13,18H,7-10,12H2,1-3H3,(H2,21,22,25)/t18-/m0/s1. The number of rotatable bonds is 5. The van der Waals surface area contributed by atoms with Crippen molar-refractivity contribution >= 4 is 12.0 Å². The van der Waals surface area contributed by atoms with E-state index in [9.17, 15) is 9.59 Å². The number of methoxy groups -OCH3 is 2. The third-order valence-corrected chi connectivity index (χ3v) is 5.24. The molecule has 0 radical (unpaired) electrons. The molecule has 3 rings (SSSR count). The number of piperidine rings is 1. The van der Waals surface area contributed by atoms with Gasteiger partial charge in [0.2, 0.25) is 0 Å². The van der Waals surface area contributed by atoms with Crippen molar-refractivity contribution in [1.29, 1.82) is 0 Å². The summed E-state index contributed by atoms with van der Waals surface area (Å²) in [4.78, 5) is 27.2. The maximum atomic E-state index is 12.6. The summed E-state index contributed by atoms with van der Waals surface area (Å²) in [5.41, 5.74) is 1.81. The van der Waals surface area contributed by atoms with E-state index in [-0.39, 0.29) is 6.03 Å². The quantitative estimate of drug-likeness (QED) is 0.774. The van der Waals surface area contributed by atoms with E-state index in [1.165, 1.54) is 7.11 Å². The largest absolute Gasteiger partial charge is 0.497 e. The Bertz CT molecular complexity index is 738. The van der Waals surface area contributed by atoms with Gasteiger partial charge in [0.1, 0.15) is 5.75 Å². The molecule has 1 atom stereocenters. The second-order valence-corrected chi connectivity index (χ2v) is 7.15. The first-order chi connectivity index (χ1) is 13.0. The number of ether oxygens (including phenoxy) is 2. The normalized spacial score (nSPS) is 21.4. The number of nitrogens with zero attached hydrogens (tertiary/aromatic N) is 1. The fraction of sp³-hybridized carbons (Fsp3) is 0.500. The highest BCUT2D eigenvalue weighted by Gasteiger charge is 2.34. The zero-order valence-corrected chi connectivity index (χ0v) is 16.1. The molecule has 2 aliphatic rings. The topological polar surface area (TPSA) is 79.9 Å². The van der Waals surface area contributed by atoms with Crippen LogP contribution in [0.4, 0.5) is 4.79 Å². The summed E-state index contributed by atoms with van der Waals surface area (Å²) in [6, 6.07) is 6.43. The van der Waals surface area contributed by atoms with Gasteiger partial charge in [0.25, 0.3) is 0 Å². The highest BCUT2D eigenvalue weighted by Crippen LogP contribution is 2.30. The molecule has 2 N–H and O–H groups in total. The van der Waals surface area contributed by atoms with Crippen LogP contribution in [0.15, 0.2) is 35.5 Å². The van der Waals surface area contributed by atoms with Gasteiger partial charge >= 0.3 is 12.0 Å². The number of carbonyl (C=O) groups excluding carboxylic acids is 2. The van der Waals surface area contributed by atoms with Crippen molar-refractivity contribution in [2.24, 2.45) is 5.92 Å². The lowest BCUT2D eigenvalue weighted by Gasteiger charge is -2.34. The van der Waals surface area contributed by atoms with Crippen LogP contribution < -0.4 is 15.4 Å². The number of urea groups is 1. The minimum absolute atomic E-state index is 0.323. The second-order valence-electron chi connectivity index (χ2n) is 7.15. The number of nitrogens with one attached hydrogen (secondary N) is 2. The van der Waals surface area contributed by atoms with Crippen LogP contribution in [-0.2, 0) is 9.53 Å². The number of hydrogen-bond donors (Lipinski definition) is 2. The molecule has 2 aliphatic heterocycles. The summed E-state index contributed by atoms with van der Waals surface area (Å²) >= 11 is 0. The SMILES string of the molecule is COC(=O)C1=C(CN2CCC(C)CC2)NC(=O)N[C@H]1c1cccc(OC)c1. The summed E-state index contributed by atoms with van der Waals surface area (Å²) in [7, 11) is 2.94. The van der Waals surface area contributed by atoms with Gasteiger partial charge in [-0.15, -0.1) is 0 Å². The summed E-state index contributed by atoms with van der Waals surface area (Å²) in [5, 5.41) is 5.67. The van der Waals surface area contributed by atoms with Crippen molar-refractivity contribution in [3.63, 3.8) is 0 Å². The van der Waals surface area contributed by atoms with Crippen LogP contribution in [-0.4, -0.2) is 50.8 Å². The fourth-order valence-electron chi connectivity index (χ4n) is 3.61. The van der Waals surface area contributed by atoms with Gasteiger partial charge in [0.15, 0.2) is 0 Å². The fourth-order valence-corrected chi connectivity index (χ4v) is 3.61. The number of amides is 2. The molecule has 0 aromatic heterocycles. The van der Waals surface area contributed by atoms with Crippen LogP contribution in [0.3, 0.4) is 0 Å². The highest BCUT2D eigenvalue weighted by molar-refractivity contribution is 5.95. The lowest BCUT2D eigenvalue weighted by molar-refractivity contribution is -0.136. The van der Waals surface area contributed by atoms with E-state index in [1.54, 1.807) is 7.11 Å². The zero-order chi connectivity index (χ0) is 19.4. The molecule has 0 bridgehead atoms. The van der Waals surface area contributed by atoms with E-state index in [2.05, 4.69) is 22.5 Å². The first-order valence-corrected chi connectivity index (χ1v) is 9.27. The molecule has 2 heterocycles. The average Bonchev–Trinajstić information content (AvgIpc) is 2.68. The molecule has 1 aromatic carbocycles. The first-order valence-electron chi connectivity index (χ1n) is 9.27. The predicted octanol–water partition coefficient (Wildman–Crippen LogP) is 2.21. The van der Waals surface area contributed by atoms with Crippen LogP contribution >= 0.6 is 0 Å². The number of benzene rings is 1. The van der Waals surface area contributed by atoms with Crippen molar-refractivity contribution in [3.8, 4) is 5.75 Å². The zero-order valence-electron chi connectivity index (χ0n) is 16.1. The molecule has 0 spiro atoms. The van der Waals surface area contributed by atoms with Crippen LogP contribution in [0.25, 0.3) is 0 Å². The van der Waals surface area contributed by atoms with E-state index < -0.39 is 12.0 Å². The van der Waals surface area contributed by atoms with Crippen molar-refractivity contribution in [1.82, 2.24) is 15.5 Å². The van der Waals surface area contributed by atoms with E-state index >= 15 is 0 Å². The Morgan fingerprint density at radius 1 is 1.26 bits per heavy atom. The summed E-state index contributed by atoms with van der Waals surface area (Å²) in [5.74, 6) is 0.925. The Hall–Kier alpha value is -2.54. The third-order valence-electron chi connectivity index (χ3n) is 5.24. The van der Waals surface area contributed by atoms with Crippen molar-refractivity contribution in [2.75, 3.05) is 33.9 Å². The summed E-state index contributed by atoms with van der Waals surface area (Å²) in [6.45, 7) is 4.67. The van der Waals surface area contributed by atoms with Crippen LogP contribution in [0.2, 0.25) is 0 Å². The van der Waals surface area contributed by atoms with Gasteiger partial charge in [-0.3, -0.25) is 4.90 Å². The molecule has 1 fully saturated rings. The lowest BCUT2D eigenvalue weighted by Crippen LogP contribution is -2.49. The molecular formula is C20H27N3O4. The Morgan fingerprint density at radius 2 is 2.00 bits per heavy atom. The average molecular weight is 373 g/mol. The highest BCUT2D eigenvalue weighted by atomic mass is 16.5. The van der Waals surface area contributed by atoms with Crippen LogP contribution in [0, 0.1) is 5.92 Å². The third kappa shape index (κ3) is 4.42. The van der Waals surface area contributed by atoms with Gasteiger partial charge in [-0.25, -0.2) is 9.59 Å². The van der Waals surface area contributed by atoms with Gasteiger partial charge in [-0.2, -0.15) is 0 Å². The van der Waals surface area contributed by atoms with Gasteiger partial charge in [-0.05, 0) is 49.5 Å². The molecule has 2 amide bonds. The van der Waals surface area contributed by atoms with Gasteiger partial charge in [-0.1, -0.05) is 19.1 Å². The summed E-state index contributed by atoms with van der Waals surface area (Å²) < 4.78 is 10.3. The molecule has 7 nitrogen and oxygen atoms in total. The molecule has 1 saturated heterocycles. The Kier molecular flexibility index (Phi) is 6.01. The lowest BCUT2D eigenvalue weighted by atomic mass is 9.94. The molecular weight excluding hydrogens is 346 g/mol. The molecule has 0 unspecified atom stereocenters. The molecule has 0 saturated carbocycles. The van der Waals surface area contributed by atoms with E-state index in [0.29, 0.717) is 29.5 Å². The predicted molar refractivity (Wildman–Crippen MR) is 101 cm³/mol. The molecule has 146 valence electrons. The maximum absolute atomic E-state index is 12.6. The van der Waals surface area contributed by atoms with Crippen LogP contribution in [0.1, 0.15) is 31.4 Å². The number of esters is 1. The molecule has 1 aromatic rings. The number of carbonyl (C=O) groups is 2. The van der Waals surface area contributed by atoms with Crippen LogP contribution in [0.5, 0.6) is 5.75 Å². The monoisotopic (exact) mass is 373 g/mol. The first kappa shape index (κ1) is 19.2. The molecule has 27 heavy (non-hydrogen) atoms. The molecule has 0 aliphatic carbocycles. The van der Waals surface area contributed by atoms with E-state index in [0.717, 1.165) is 31.5 Å². The van der Waals surface area contributed by atoms with Crippen molar-refractivity contribution < 1.29 is 19.1 Å². The van der Waals surface area contributed by atoms with Gasteiger partial charge in [0, 0.05) is 12.2 Å². The second kappa shape index (κ2) is 8.43. The Labute approximate surface area is 159 Å². The van der Waals surface area contributed by atoms with Gasteiger partial charge < -0.3 is 20.1 Å². The number of likely N-dealkylation sites (tertiary alicyclic amines) is 1. The van der Waals surface area contributed by atoms with Crippen molar-refractivity contribution in [2.45, 2.75) is 25.8 Å². The maximum Gasteiger partial charge on any atom is 0.338 e. The van der Waals surface area contributed by atoms with Gasteiger partial charge in [0.05, 0.1) is 25.8 Å². The molecule has 7 heteroatoms. The Balaban J connectivity index is 1.95. The van der Waals surface area contributed by atoms with Crippen molar-refractivity contribution in [3.05, 3.63) is 41.1 Å². The Morgan fingerprint density at radius 3 is 2.67 bits per heavy atom. The van der Waals surface area contributed by atoms with E-state index in [4.69, 9.17) is 9.47 Å².